The minimum Gasteiger partial charge on any atom is -0.457 e. The third kappa shape index (κ3) is 4.99. The van der Waals surface area contributed by atoms with E-state index < -0.39 is 4.92 Å². The monoisotopic (exact) mass is 431 g/mol. The molecule has 31 heavy (non-hydrogen) atoms. The summed E-state index contributed by atoms with van der Waals surface area (Å²) in [5, 5.41) is 14.0. The third-order valence-corrected chi connectivity index (χ3v) is 5.31. The van der Waals surface area contributed by atoms with Gasteiger partial charge in [0.25, 0.3) is 11.6 Å². The van der Waals surface area contributed by atoms with Crippen LogP contribution in [0.4, 0.5) is 11.4 Å². The first kappa shape index (κ1) is 20.4. The van der Waals surface area contributed by atoms with Gasteiger partial charge in [0.15, 0.2) is 5.17 Å². The zero-order valence-electron chi connectivity index (χ0n) is 16.4. The van der Waals surface area contributed by atoms with Gasteiger partial charge in [0.1, 0.15) is 11.5 Å². The Balaban J connectivity index is 1.52. The molecule has 0 atom stereocenters. The van der Waals surface area contributed by atoms with E-state index in [1.165, 1.54) is 23.9 Å². The number of non-ortho nitro benzene ring substituents is 1. The van der Waals surface area contributed by atoms with E-state index in [0.29, 0.717) is 27.1 Å². The van der Waals surface area contributed by atoms with Gasteiger partial charge in [-0.25, -0.2) is 4.99 Å². The first-order chi connectivity index (χ1) is 15.0. The average molecular weight is 431 g/mol. The minimum absolute atomic E-state index is 0.00255. The number of aliphatic imine (C=N–C) groups is 1. The lowest BCUT2D eigenvalue weighted by Gasteiger charge is -2.06. The summed E-state index contributed by atoms with van der Waals surface area (Å²) in [6.07, 6.45) is 1.77. The molecule has 3 aromatic rings. The summed E-state index contributed by atoms with van der Waals surface area (Å²) >= 11 is 1.21. The number of ether oxygens (including phenoxy) is 1. The lowest BCUT2D eigenvalue weighted by atomic mass is 10.2. The molecule has 1 heterocycles. The van der Waals surface area contributed by atoms with E-state index in [1.54, 1.807) is 19.1 Å². The maximum atomic E-state index is 12.4. The van der Waals surface area contributed by atoms with Crippen molar-refractivity contribution in [3.8, 4) is 11.5 Å². The van der Waals surface area contributed by atoms with Crippen LogP contribution in [0.25, 0.3) is 6.08 Å². The van der Waals surface area contributed by atoms with E-state index in [9.17, 15) is 14.9 Å². The molecule has 7 nitrogen and oxygen atoms in total. The predicted molar refractivity (Wildman–Crippen MR) is 122 cm³/mol. The van der Waals surface area contributed by atoms with Crippen molar-refractivity contribution >= 4 is 40.3 Å². The van der Waals surface area contributed by atoms with Gasteiger partial charge < -0.3 is 10.1 Å². The molecule has 0 spiro atoms. The predicted octanol–water partition coefficient (Wildman–Crippen LogP) is 5.59. The number of para-hydroxylation sites is 1. The molecule has 154 valence electrons. The van der Waals surface area contributed by atoms with Gasteiger partial charge in [0.05, 0.1) is 15.5 Å². The minimum atomic E-state index is -0.452. The van der Waals surface area contributed by atoms with Crippen LogP contribution in [-0.2, 0) is 4.79 Å². The number of carbonyl (C=O) groups is 1. The number of carbonyl (C=O) groups excluding carboxylic acids is 1. The Bertz CT molecular complexity index is 1220. The van der Waals surface area contributed by atoms with Crippen molar-refractivity contribution in [2.75, 3.05) is 0 Å². The Kier molecular flexibility index (Phi) is 5.81. The Morgan fingerprint density at radius 2 is 1.81 bits per heavy atom. The molecule has 1 aliphatic rings. The molecule has 3 aromatic carbocycles. The molecule has 1 N–H and O–H groups in total. The van der Waals surface area contributed by atoms with Crippen molar-refractivity contribution in [2.24, 2.45) is 4.99 Å². The fraction of sp³-hybridized carbons (Fsp3) is 0.0435. The molecule has 0 aromatic heterocycles. The number of nitro benzene ring substituents is 1. The van der Waals surface area contributed by atoms with Gasteiger partial charge in [-0.3, -0.25) is 14.9 Å². The second-order valence-electron chi connectivity index (χ2n) is 6.70. The maximum absolute atomic E-state index is 12.4. The van der Waals surface area contributed by atoms with Crippen molar-refractivity contribution in [1.29, 1.82) is 0 Å². The summed E-state index contributed by atoms with van der Waals surface area (Å²) in [4.78, 5) is 27.7. The van der Waals surface area contributed by atoms with Crippen LogP contribution < -0.4 is 10.1 Å². The van der Waals surface area contributed by atoms with E-state index in [0.717, 1.165) is 11.3 Å². The van der Waals surface area contributed by atoms with Crippen LogP contribution >= 0.6 is 11.8 Å². The Labute approximate surface area is 182 Å². The van der Waals surface area contributed by atoms with E-state index in [4.69, 9.17) is 4.74 Å². The second-order valence-corrected chi connectivity index (χ2v) is 7.73. The topological polar surface area (TPSA) is 93.8 Å². The summed E-state index contributed by atoms with van der Waals surface area (Å²) in [6, 6.07) is 21.3. The number of benzene rings is 3. The van der Waals surface area contributed by atoms with Crippen molar-refractivity contribution in [3.05, 3.63) is 98.9 Å². The lowest BCUT2D eigenvalue weighted by Crippen LogP contribution is -2.19. The zero-order valence-corrected chi connectivity index (χ0v) is 17.3. The largest absolute Gasteiger partial charge is 0.457 e. The number of nitrogens with one attached hydrogen (secondary N) is 1. The standard InChI is InChI=1S/C23H17N3O4S/c1-15-12-17(26(28)29)10-11-20(15)24-23-25-22(27)21(31-23)14-16-6-5-9-19(13-16)30-18-7-3-2-4-8-18/h2-14H,1H3,(H,24,25,27)/b21-14+. The van der Waals surface area contributed by atoms with E-state index in [2.05, 4.69) is 10.3 Å². The Morgan fingerprint density at radius 3 is 2.55 bits per heavy atom. The molecular weight excluding hydrogens is 414 g/mol. The maximum Gasteiger partial charge on any atom is 0.269 e. The first-order valence-electron chi connectivity index (χ1n) is 9.35. The molecule has 8 heteroatoms. The number of hydrogen-bond donors (Lipinski definition) is 1. The highest BCUT2D eigenvalue weighted by Gasteiger charge is 2.24. The molecule has 1 saturated heterocycles. The number of hydrogen-bond acceptors (Lipinski definition) is 6. The van der Waals surface area contributed by atoms with Crippen molar-refractivity contribution in [1.82, 2.24) is 5.32 Å². The SMILES string of the molecule is Cc1cc([N+](=O)[O-])ccc1N=C1NC(=O)/C(=C\c2cccc(Oc3ccccc3)c2)S1. The number of thioether (sulfide) groups is 1. The number of aryl methyl sites for hydroxylation is 1. The highest BCUT2D eigenvalue weighted by Crippen LogP contribution is 2.31. The van der Waals surface area contributed by atoms with Gasteiger partial charge in [-0.1, -0.05) is 30.3 Å². The van der Waals surface area contributed by atoms with E-state index in [-0.39, 0.29) is 11.6 Å². The van der Waals surface area contributed by atoms with Crippen LogP contribution in [-0.4, -0.2) is 16.0 Å². The van der Waals surface area contributed by atoms with Crippen molar-refractivity contribution < 1.29 is 14.5 Å². The van der Waals surface area contributed by atoms with Gasteiger partial charge in [0.2, 0.25) is 0 Å². The smallest absolute Gasteiger partial charge is 0.269 e. The molecule has 0 saturated carbocycles. The van der Waals surface area contributed by atoms with E-state index in [1.807, 2.05) is 54.6 Å². The highest BCUT2D eigenvalue weighted by molar-refractivity contribution is 8.18. The van der Waals surface area contributed by atoms with Gasteiger partial charge in [-0.2, -0.15) is 0 Å². The van der Waals surface area contributed by atoms with Gasteiger partial charge >= 0.3 is 0 Å². The number of amidine groups is 1. The first-order valence-corrected chi connectivity index (χ1v) is 10.2. The van der Waals surface area contributed by atoms with Crippen molar-refractivity contribution in [3.63, 3.8) is 0 Å². The second kappa shape index (κ2) is 8.85. The molecule has 0 aliphatic carbocycles. The van der Waals surface area contributed by atoms with Gasteiger partial charge in [0, 0.05) is 12.1 Å². The Morgan fingerprint density at radius 1 is 1.03 bits per heavy atom. The van der Waals surface area contributed by atoms with Crippen molar-refractivity contribution in [2.45, 2.75) is 6.92 Å². The quantitative estimate of drug-likeness (QED) is 0.323. The summed E-state index contributed by atoms with van der Waals surface area (Å²) in [5.74, 6) is 1.14. The molecule has 0 unspecified atom stereocenters. The molecule has 1 amide bonds. The van der Waals surface area contributed by atoms with Gasteiger partial charge in [-0.15, -0.1) is 0 Å². The van der Waals surface area contributed by atoms with Crippen LogP contribution in [0, 0.1) is 17.0 Å². The van der Waals surface area contributed by atoms with Crippen LogP contribution in [0.1, 0.15) is 11.1 Å². The van der Waals surface area contributed by atoms with Gasteiger partial charge in [-0.05, 0) is 66.2 Å². The summed E-state index contributed by atoms with van der Waals surface area (Å²) in [5.41, 5.74) is 2.04. The number of rotatable bonds is 5. The molecule has 1 fully saturated rings. The van der Waals surface area contributed by atoms with Crippen LogP contribution in [0.15, 0.2) is 82.7 Å². The normalized spacial score (nSPS) is 15.8. The summed E-state index contributed by atoms with van der Waals surface area (Å²) < 4.78 is 5.84. The fourth-order valence-corrected chi connectivity index (χ4v) is 3.75. The zero-order chi connectivity index (χ0) is 21.8. The molecule has 4 rings (SSSR count). The number of nitro groups is 1. The highest BCUT2D eigenvalue weighted by atomic mass is 32.2. The van der Waals surface area contributed by atoms with Crippen LogP contribution in [0.3, 0.4) is 0 Å². The summed E-state index contributed by atoms with van der Waals surface area (Å²) in [6.45, 7) is 1.74. The molecule has 0 bridgehead atoms. The molecule has 1 aliphatic heterocycles. The number of amides is 1. The average Bonchev–Trinajstić information content (AvgIpc) is 3.09. The van der Waals surface area contributed by atoms with Crippen LogP contribution in [0.2, 0.25) is 0 Å². The fourth-order valence-electron chi connectivity index (χ4n) is 2.91. The molecular formula is C23H17N3O4S. The Hall–Kier alpha value is -3.91. The summed E-state index contributed by atoms with van der Waals surface area (Å²) in [7, 11) is 0. The van der Waals surface area contributed by atoms with E-state index >= 15 is 0 Å². The molecule has 0 radical (unpaired) electrons. The lowest BCUT2D eigenvalue weighted by molar-refractivity contribution is -0.384. The van der Waals surface area contributed by atoms with Crippen LogP contribution in [0.5, 0.6) is 11.5 Å². The third-order valence-electron chi connectivity index (χ3n) is 4.40. The number of nitrogens with zero attached hydrogens (tertiary/aromatic N) is 2.